The molecule has 1 aliphatic heterocycles. The smallest absolute Gasteiger partial charge is 0.488 e. The van der Waals surface area contributed by atoms with E-state index in [1.165, 1.54) is 6.07 Å². The number of likely N-dealkylation sites (N-methyl/N-ethyl adjacent to an activating group) is 2. The number of quaternary nitrogens is 1. The number of hydroxylamine groups is 3. The fourth-order valence-corrected chi connectivity index (χ4v) is 2.93. The van der Waals surface area contributed by atoms with Gasteiger partial charge in [-0.1, -0.05) is 12.1 Å². The summed E-state index contributed by atoms with van der Waals surface area (Å²) in [6.07, 6.45) is 0. The Morgan fingerprint density at radius 2 is 2.05 bits per heavy atom. The number of phenolic OH excluding ortho intramolecular Hbond substituents is 1. The molecular weight excluding hydrogens is 270 g/mol. The summed E-state index contributed by atoms with van der Waals surface area (Å²) in [6.45, 7) is 2.74. The van der Waals surface area contributed by atoms with Gasteiger partial charge in [0.15, 0.2) is 12.6 Å². The van der Waals surface area contributed by atoms with Crippen LogP contribution in [0.2, 0.25) is 0 Å². The average Bonchev–Trinajstić information content (AvgIpc) is 2.59. The van der Waals surface area contributed by atoms with Crippen LogP contribution in [0.3, 0.4) is 0 Å². The minimum Gasteiger partial charge on any atom is -0.507 e. The van der Waals surface area contributed by atoms with E-state index in [4.69, 9.17) is 4.84 Å². The molecular formula is C15H23N3O3+2. The molecule has 2 rings (SSSR count). The summed E-state index contributed by atoms with van der Waals surface area (Å²) in [5, 5.41) is 9.78. The van der Waals surface area contributed by atoms with Crippen molar-refractivity contribution in [1.29, 1.82) is 0 Å². The molecule has 2 atom stereocenters. The lowest BCUT2D eigenvalue weighted by Gasteiger charge is -2.22. The number of rotatable bonds is 2. The normalized spacial score (nSPS) is 25.1. The third-order valence-corrected chi connectivity index (χ3v) is 3.82. The van der Waals surface area contributed by atoms with Crippen LogP contribution in [-0.4, -0.2) is 71.9 Å². The molecule has 1 fully saturated rings. The molecule has 1 aromatic carbocycles. The molecule has 1 aliphatic rings. The predicted octanol–water partition coefficient (Wildman–Crippen LogP) is 0.873. The standard InChI is InChI=1S/C15H22N3O3/c1-11-10-18(5,15(16(2)3)17(11)4)21-14(20)12-8-6-7-9-13(12)19/h6-9,11H,10H2,1-5H3/q+1/p+1. The highest BCUT2D eigenvalue weighted by Crippen LogP contribution is 2.24. The highest BCUT2D eigenvalue weighted by Gasteiger charge is 2.55. The van der Waals surface area contributed by atoms with Crippen molar-refractivity contribution < 1.29 is 24.0 Å². The van der Waals surface area contributed by atoms with Crippen LogP contribution in [0.4, 0.5) is 0 Å². The van der Waals surface area contributed by atoms with Gasteiger partial charge in [-0.2, -0.15) is 0 Å². The van der Waals surface area contributed by atoms with E-state index in [2.05, 4.69) is 11.8 Å². The highest BCUT2D eigenvalue weighted by atomic mass is 16.7. The van der Waals surface area contributed by atoms with Crippen molar-refractivity contribution in [2.45, 2.75) is 13.0 Å². The molecule has 0 aromatic heterocycles. The quantitative estimate of drug-likeness (QED) is 0.649. The molecule has 0 radical (unpaired) electrons. The summed E-state index contributed by atoms with van der Waals surface area (Å²) in [4.78, 5) is 20.2. The fourth-order valence-electron chi connectivity index (χ4n) is 2.93. The van der Waals surface area contributed by atoms with Gasteiger partial charge in [-0.15, -0.1) is 0 Å². The van der Waals surface area contributed by atoms with Crippen LogP contribution in [0.15, 0.2) is 24.3 Å². The topological polar surface area (TPSA) is 52.8 Å². The van der Waals surface area contributed by atoms with Crippen molar-refractivity contribution in [2.75, 3.05) is 34.7 Å². The number of carbonyl (C=O) groups is 1. The number of carbonyl (C=O) groups excluding carboxylic acids is 1. The number of hydrogen-bond acceptors (Lipinski definition) is 3. The van der Waals surface area contributed by atoms with Gasteiger partial charge in [0.1, 0.15) is 18.4 Å². The molecule has 1 heterocycles. The minimum atomic E-state index is -0.530. The second kappa shape index (κ2) is 5.37. The molecule has 0 spiro atoms. The van der Waals surface area contributed by atoms with Gasteiger partial charge in [0.05, 0.1) is 21.1 Å². The van der Waals surface area contributed by atoms with Gasteiger partial charge in [0, 0.05) is 0 Å². The second-order valence-corrected chi connectivity index (χ2v) is 5.83. The zero-order chi connectivity index (χ0) is 15.8. The molecule has 6 heteroatoms. The average molecular weight is 293 g/mol. The molecule has 114 valence electrons. The van der Waals surface area contributed by atoms with Crippen LogP contribution in [-0.2, 0) is 4.84 Å². The van der Waals surface area contributed by atoms with Crippen molar-refractivity contribution >= 4 is 11.9 Å². The Morgan fingerprint density at radius 3 is 2.62 bits per heavy atom. The first-order chi connectivity index (χ1) is 9.76. The highest BCUT2D eigenvalue weighted by molar-refractivity contribution is 5.92. The molecule has 0 amide bonds. The molecule has 0 bridgehead atoms. The van der Waals surface area contributed by atoms with E-state index in [1.807, 2.05) is 32.8 Å². The van der Waals surface area contributed by atoms with Gasteiger partial charge in [-0.25, -0.2) is 14.3 Å². The van der Waals surface area contributed by atoms with Crippen LogP contribution in [0, 0.1) is 0 Å². The van der Waals surface area contributed by atoms with Crippen LogP contribution in [0.25, 0.3) is 0 Å². The molecule has 0 saturated carbocycles. The van der Waals surface area contributed by atoms with Crippen LogP contribution < -0.4 is 0 Å². The summed E-state index contributed by atoms with van der Waals surface area (Å²) in [7, 11) is 7.69. The third kappa shape index (κ3) is 2.71. The zero-order valence-electron chi connectivity index (χ0n) is 13.2. The second-order valence-electron chi connectivity index (χ2n) is 5.83. The van der Waals surface area contributed by atoms with Crippen molar-refractivity contribution in [3.8, 4) is 5.75 Å². The van der Waals surface area contributed by atoms with E-state index in [0.29, 0.717) is 6.54 Å². The SMILES string of the molecule is CC1C[N+](C)(OC(=O)c2ccccc2O)C(=[N+](C)C)N1C. The zero-order valence-corrected chi connectivity index (χ0v) is 13.2. The van der Waals surface area contributed by atoms with E-state index in [-0.39, 0.29) is 22.0 Å². The number of para-hydroxylation sites is 1. The lowest BCUT2D eigenvalue weighted by molar-refractivity contribution is -1.01. The Kier molecular flexibility index (Phi) is 3.91. The first-order valence-corrected chi connectivity index (χ1v) is 6.91. The van der Waals surface area contributed by atoms with E-state index >= 15 is 0 Å². The number of phenols is 1. The maximum atomic E-state index is 12.4. The third-order valence-electron chi connectivity index (χ3n) is 3.82. The van der Waals surface area contributed by atoms with Crippen molar-refractivity contribution in [3.05, 3.63) is 29.8 Å². The monoisotopic (exact) mass is 293 g/mol. The lowest BCUT2D eigenvalue weighted by atomic mass is 10.2. The molecule has 6 nitrogen and oxygen atoms in total. The van der Waals surface area contributed by atoms with Crippen LogP contribution in [0.1, 0.15) is 17.3 Å². The lowest BCUT2D eigenvalue weighted by Crippen LogP contribution is -2.52. The molecule has 1 N–H and O–H groups in total. The molecule has 1 saturated heterocycles. The Bertz CT molecular complexity index is 596. The summed E-state index contributed by atoms with van der Waals surface area (Å²) in [6, 6.07) is 6.66. The molecule has 21 heavy (non-hydrogen) atoms. The van der Waals surface area contributed by atoms with E-state index in [1.54, 1.807) is 18.2 Å². The first-order valence-electron chi connectivity index (χ1n) is 6.91. The van der Waals surface area contributed by atoms with Gasteiger partial charge >= 0.3 is 11.9 Å². The van der Waals surface area contributed by atoms with Gasteiger partial charge in [0.25, 0.3) is 0 Å². The first kappa shape index (κ1) is 15.3. The maximum Gasteiger partial charge on any atom is 0.488 e. The number of guanidine groups is 1. The van der Waals surface area contributed by atoms with E-state index in [0.717, 1.165) is 5.96 Å². The van der Waals surface area contributed by atoms with Crippen molar-refractivity contribution in [1.82, 2.24) is 4.90 Å². The van der Waals surface area contributed by atoms with Gasteiger partial charge in [-0.3, -0.25) is 4.84 Å². The minimum absolute atomic E-state index is 0.0534. The Balaban J connectivity index is 2.32. The molecule has 0 aliphatic carbocycles. The van der Waals surface area contributed by atoms with Crippen molar-refractivity contribution in [3.63, 3.8) is 0 Å². The summed E-state index contributed by atoms with van der Waals surface area (Å²) in [5.74, 6) is 0.296. The van der Waals surface area contributed by atoms with Gasteiger partial charge in [0.2, 0.25) is 0 Å². The summed E-state index contributed by atoms with van der Waals surface area (Å²) < 4.78 is 2.00. The number of benzene rings is 1. The number of aromatic hydroxyl groups is 1. The number of nitrogens with zero attached hydrogens (tertiary/aromatic N) is 3. The van der Waals surface area contributed by atoms with E-state index in [9.17, 15) is 9.90 Å². The largest absolute Gasteiger partial charge is 0.507 e. The summed E-state index contributed by atoms with van der Waals surface area (Å²) >= 11 is 0. The van der Waals surface area contributed by atoms with E-state index < -0.39 is 5.97 Å². The van der Waals surface area contributed by atoms with Gasteiger partial charge < -0.3 is 5.11 Å². The number of hydrogen-bond donors (Lipinski definition) is 1. The molecule has 2 unspecified atom stereocenters. The Morgan fingerprint density at radius 1 is 1.43 bits per heavy atom. The Labute approximate surface area is 125 Å². The maximum absolute atomic E-state index is 12.4. The summed E-state index contributed by atoms with van der Waals surface area (Å²) in [5.41, 5.74) is 0.178. The van der Waals surface area contributed by atoms with Crippen LogP contribution >= 0.6 is 0 Å². The molecule has 1 aromatic rings. The fraction of sp³-hybridized carbons (Fsp3) is 0.467. The predicted molar refractivity (Wildman–Crippen MR) is 78.9 cm³/mol. The van der Waals surface area contributed by atoms with Crippen molar-refractivity contribution in [2.24, 2.45) is 0 Å². The van der Waals surface area contributed by atoms with Gasteiger partial charge in [-0.05, 0) is 23.7 Å². The Hall–Kier alpha value is -2.08. The van der Waals surface area contributed by atoms with Crippen LogP contribution in [0.5, 0.6) is 5.75 Å².